The Morgan fingerprint density at radius 1 is 1.26 bits per heavy atom. The molecule has 1 fully saturated rings. The van der Waals surface area contributed by atoms with Gasteiger partial charge in [-0.1, -0.05) is 11.6 Å². The topological polar surface area (TPSA) is 33.7 Å². The number of methoxy groups -OCH3 is 2. The molecule has 1 atom stereocenters. The molecule has 1 aromatic carbocycles. The monoisotopic (exact) mass is 284 g/mol. The Labute approximate surface area is 119 Å². The molecule has 1 heterocycles. The van der Waals surface area contributed by atoms with Crippen LogP contribution in [0.5, 0.6) is 11.5 Å². The van der Waals surface area contributed by atoms with E-state index in [1.165, 1.54) is 19.4 Å². The van der Waals surface area contributed by atoms with E-state index in [4.69, 9.17) is 21.1 Å². The molecule has 106 valence electrons. The summed E-state index contributed by atoms with van der Waals surface area (Å²) in [4.78, 5) is 2.33. The lowest BCUT2D eigenvalue weighted by molar-refractivity contribution is 0.260. The van der Waals surface area contributed by atoms with Crippen LogP contribution in [-0.2, 0) is 0 Å². The first-order valence-electron chi connectivity index (χ1n) is 6.50. The van der Waals surface area contributed by atoms with Gasteiger partial charge in [0.25, 0.3) is 0 Å². The highest BCUT2D eigenvalue weighted by Gasteiger charge is 2.19. The minimum absolute atomic E-state index is 0.429. The fourth-order valence-electron chi connectivity index (χ4n) is 2.48. The molecule has 1 aliphatic heterocycles. The summed E-state index contributed by atoms with van der Waals surface area (Å²) < 4.78 is 10.6. The summed E-state index contributed by atoms with van der Waals surface area (Å²) in [5, 5.41) is 4.09. The highest BCUT2D eigenvalue weighted by Crippen LogP contribution is 2.36. The van der Waals surface area contributed by atoms with Gasteiger partial charge in [-0.15, -0.1) is 0 Å². The van der Waals surface area contributed by atoms with E-state index < -0.39 is 0 Å². The fraction of sp³-hybridized carbons (Fsp3) is 0.571. The van der Waals surface area contributed by atoms with Crippen LogP contribution in [0.15, 0.2) is 12.1 Å². The minimum Gasteiger partial charge on any atom is -0.495 e. The van der Waals surface area contributed by atoms with Crippen molar-refractivity contribution in [1.82, 2.24) is 4.90 Å². The number of nitrogens with one attached hydrogen (secondary N) is 1. The standard InChI is InChI=1S/C14H21ClN2O2/c1-17-6-4-5-10(9-17)16-12-8-13(18-2)11(15)7-14(12)19-3/h7-8,10,16H,4-6,9H2,1-3H3. The van der Waals surface area contributed by atoms with Crippen molar-refractivity contribution in [3.05, 3.63) is 17.2 Å². The molecule has 0 aromatic heterocycles. The Kier molecular flexibility index (Phi) is 4.77. The molecule has 19 heavy (non-hydrogen) atoms. The summed E-state index contributed by atoms with van der Waals surface area (Å²) >= 11 is 6.11. The summed E-state index contributed by atoms with van der Waals surface area (Å²) in [6.07, 6.45) is 2.37. The zero-order valence-electron chi connectivity index (χ0n) is 11.7. The summed E-state index contributed by atoms with van der Waals surface area (Å²) in [5.41, 5.74) is 0.934. The van der Waals surface area contributed by atoms with Crippen molar-refractivity contribution in [3.8, 4) is 11.5 Å². The molecule has 0 amide bonds. The van der Waals surface area contributed by atoms with Gasteiger partial charge in [0.1, 0.15) is 11.5 Å². The van der Waals surface area contributed by atoms with Crippen LogP contribution in [0.2, 0.25) is 5.02 Å². The molecule has 1 N–H and O–H groups in total. The number of likely N-dealkylation sites (tertiary alicyclic amines) is 1. The quantitative estimate of drug-likeness (QED) is 0.922. The predicted octanol–water partition coefficient (Wildman–Crippen LogP) is 2.86. The summed E-state index contributed by atoms with van der Waals surface area (Å²) in [7, 11) is 5.41. The van der Waals surface area contributed by atoms with Gasteiger partial charge < -0.3 is 19.7 Å². The average molecular weight is 285 g/mol. The van der Waals surface area contributed by atoms with E-state index in [1.54, 1.807) is 20.3 Å². The number of halogens is 1. The number of hydrogen-bond donors (Lipinski definition) is 1. The van der Waals surface area contributed by atoms with Gasteiger partial charge in [0, 0.05) is 24.7 Å². The third-order valence-corrected chi connectivity index (χ3v) is 3.75. The Morgan fingerprint density at radius 2 is 2.00 bits per heavy atom. The number of likely N-dealkylation sites (N-methyl/N-ethyl adjacent to an activating group) is 1. The first-order valence-corrected chi connectivity index (χ1v) is 6.88. The Morgan fingerprint density at radius 3 is 2.63 bits per heavy atom. The number of ether oxygens (including phenoxy) is 2. The minimum atomic E-state index is 0.429. The van der Waals surface area contributed by atoms with Crippen LogP contribution in [0, 0.1) is 0 Å². The first-order chi connectivity index (χ1) is 9.13. The molecule has 1 aliphatic rings. The number of benzene rings is 1. The number of nitrogens with zero attached hydrogens (tertiary/aromatic N) is 1. The molecule has 0 saturated carbocycles. The third-order valence-electron chi connectivity index (χ3n) is 3.46. The molecule has 0 radical (unpaired) electrons. The summed E-state index contributed by atoms with van der Waals surface area (Å²) in [6.45, 7) is 2.20. The van der Waals surface area contributed by atoms with Gasteiger partial charge in [0.05, 0.1) is 24.9 Å². The SMILES string of the molecule is COc1cc(NC2CCCN(C)C2)c(OC)cc1Cl. The van der Waals surface area contributed by atoms with Crippen molar-refractivity contribution in [2.75, 3.05) is 39.7 Å². The Balaban J connectivity index is 2.18. The van der Waals surface area contributed by atoms with Gasteiger partial charge in [-0.2, -0.15) is 0 Å². The Hall–Kier alpha value is -1.13. The summed E-state index contributed by atoms with van der Waals surface area (Å²) in [6, 6.07) is 4.11. The van der Waals surface area contributed by atoms with Crippen LogP contribution in [0.4, 0.5) is 5.69 Å². The van der Waals surface area contributed by atoms with E-state index >= 15 is 0 Å². The van der Waals surface area contributed by atoms with Crippen molar-refractivity contribution in [2.45, 2.75) is 18.9 Å². The van der Waals surface area contributed by atoms with Crippen molar-refractivity contribution < 1.29 is 9.47 Å². The maximum Gasteiger partial charge on any atom is 0.143 e. The van der Waals surface area contributed by atoms with Crippen molar-refractivity contribution in [1.29, 1.82) is 0 Å². The lowest BCUT2D eigenvalue weighted by Gasteiger charge is -2.31. The highest BCUT2D eigenvalue weighted by atomic mass is 35.5. The largest absolute Gasteiger partial charge is 0.495 e. The van der Waals surface area contributed by atoms with Gasteiger partial charge in [0.15, 0.2) is 0 Å². The van der Waals surface area contributed by atoms with Crippen LogP contribution in [0.1, 0.15) is 12.8 Å². The van der Waals surface area contributed by atoms with E-state index in [0.717, 1.165) is 18.0 Å². The van der Waals surface area contributed by atoms with Crippen LogP contribution in [0.3, 0.4) is 0 Å². The molecule has 0 aliphatic carbocycles. The average Bonchev–Trinajstić information content (AvgIpc) is 2.40. The summed E-state index contributed by atoms with van der Waals surface area (Å²) in [5.74, 6) is 1.41. The lowest BCUT2D eigenvalue weighted by Crippen LogP contribution is -2.39. The third kappa shape index (κ3) is 3.45. The van der Waals surface area contributed by atoms with Crippen LogP contribution >= 0.6 is 11.6 Å². The van der Waals surface area contributed by atoms with E-state index in [1.807, 2.05) is 6.07 Å². The molecule has 4 nitrogen and oxygen atoms in total. The fourth-order valence-corrected chi connectivity index (χ4v) is 2.71. The van der Waals surface area contributed by atoms with Gasteiger partial charge >= 0.3 is 0 Å². The number of rotatable bonds is 4. The van der Waals surface area contributed by atoms with Gasteiger partial charge in [-0.05, 0) is 26.4 Å². The lowest BCUT2D eigenvalue weighted by atomic mass is 10.1. The molecule has 1 unspecified atom stereocenters. The van der Waals surface area contributed by atoms with Crippen molar-refractivity contribution >= 4 is 17.3 Å². The second-order valence-electron chi connectivity index (χ2n) is 4.93. The highest BCUT2D eigenvalue weighted by molar-refractivity contribution is 6.32. The number of hydrogen-bond acceptors (Lipinski definition) is 4. The van der Waals surface area contributed by atoms with Gasteiger partial charge in [0.2, 0.25) is 0 Å². The molecular weight excluding hydrogens is 264 g/mol. The zero-order valence-corrected chi connectivity index (χ0v) is 12.5. The van der Waals surface area contributed by atoms with Crippen molar-refractivity contribution in [2.24, 2.45) is 0 Å². The van der Waals surface area contributed by atoms with Gasteiger partial charge in [-0.3, -0.25) is 0 Å². The molecular formula is C14H21ClN2O2. The van der Waals surface area contributed by atoms with E-state index in [0.29, 0.717) is 16.8 Å². The Bertz CT molecular complexity index is 440. The zero-order chi connectivity index (χ0) is 13.8. The molecule has 2 rings (SSSR count). The maximum absolute atomic E-state index is 6.11. The first kappa shape index (κ1) is 14.3. The number of anilines is 1. The number of piperidine rings is 1. The van der Waals surface area contributed by atoms with Gasteiger partial charge in [-0.25, -0.2) is 0 Å². The van der Waals surface area contributed by atoms with Crippen LogP contribution < -0.4 is 14.8 Å². The maximum atomic E-state index is 6.11. The molecule has 5 heteroatoms. The predicted molar refractivity (Wildman–Crippen MR) is 78.7 cm³/mol. The normalized spacial score (nSPS) is 20.1. The van der Waals surface area contributed by atoms with E-state index in [9.17, 15) is 0 Å². The van der Waals surface area contributed by atoms with Crippen LogP contribution in [-0.4, -0.2) is 45.3 Å². The molecule has 0 spiro atoms. The van der Waals surface area contributed by atoms with E-state index in [2.05, 4.69) is 17.3 Å². The van der Waals surface area contributed by atoms with E-state index in [-0.39, 0.29) is 0 Å². The van der Waals surface area contributed by atoms with Crippen LogP contribution in [0.25, 0.3) is 0 Å². The van der Waals surface area contributed by atoms with Crippen molar-refractivity contribution in [3.63, 3.8) is 0 Å². The second kappa shape index (κ2) is 6.35. The molecule has 0 bridgehead atoms. The molecule has 1 aromatic rings. The molecule has 1 saturated heterocycles. The smallest absolute Gasteiger partial charge is 0.143 e. The second-order valence-corrected chi connectivity index (χ2v) is 5.34.